The van der Waals surface area contributed by atoms with Crippen LogP contribution in [0.4, 0.5) is 5.69 Å². The average Bonchev–Trinajstić information content (AvgIpc) is 3.08. The molecule has 1 fully saturated rings. The van der Waals surface area contributed by atoms with Crippen molar-refractivity contribution in [1.29, 1.82) is 0 Å². The zero-order valence-electron chi connectivity index (χ0n) is 15.3. The fraction of sp³-hybridized carbons (Fsp3) is 0.318. The number of likely N-dealkylation sites (tertiary alicyclic amines) is 1. The summed E-state index contributed by atoms with van der Waals surface area (Å²) in [6.07, 6.45) is 2.06. The van der Waals surface area contributed by atoms with Gasteiger partial charge in [0, 0.05) is 30.2 Å². The Bertz CT molecular complexity index is 911. The molecule has 0 spiro atoms. The maximum Gasteiger partial charge on any atom is 0.289 e. The number of anilines is 1. The first-order chi connectivity index (χ1) is 12.6. The number of benzene rings is 2. The lowest BCUT2D eigenvalue weighted by Gasteiger charge is -2.33. The lowest BCUT2D eigenvalue weighted by molar-refractivity contribution is 0.0685. The summed E-state index contributed by atoms with van der Waals surface area (Å²) in [4.78, 5) is 14.8. The Kier molecular flexibility index (Phi) is 4.41. The monoisotopic (exact) mass is 348 g/mol. The molecule has 0 radical (unpaired) electrons. The van der Waals surface area contributed by atoms with Crippen LogP contribution < -0.4 is 5.32 Å². The molecule has 1 atom stereocenters. The van der Waals surface area contributed by atoms with Gasteiger partial charge in [0.1, 0.15) is 5.58 Å². The van der Waals surface area contributed by atoms with E-state index in [4.69, 9.17) is 4.42 Å². The predicted octanol–water partition coefficient (Wildman–Crippen LogP) is 4.77. The van der Waals surface area contributed by atoms with Crippen LogP contribution in [0, 0.1) is 13.8 Å². The van der Waals surface area contributed by atoms with E-state index in [0.29, 0.717) is 12.3 Å². The Labute approximate surface area is 153 Å². The van der Waals surface area contributed by atoms with Crippen molar-refractivity contribution in [3.05, 3.63) is 65.4 Å². The van der Waals surface area contributed by atoms with Crippen molar-refractivity contribution in [1.82, 2.24) is 4.90 Å². The van der Waals surface area contributed by atoms with E-state index in [1.54, 1.807) is 0 Å². The Hall–Kier alpha value is -2.75. The molecule has 26 heavy (non-hydrogen) atoms. The molecule has 1 amide bonds. The van der Waals surface area contributed by atoms with Gasteiger partial charge in [0.2, 0.25) is 0 Å². The van der Waals surface area contributed by atoms with Crippen LogP contribution in [0.25, 0.3) is 11.0 Å². The van der Waals surface area contributed by atoms with Crippen molar-refractivity contribution in [2.24, 2.45) is 0 Å². The van der Waals surface area contributed by atoms with Gasteiger partial charge < -0.3 is 14.6 Å². The summed E-state index contributed by atoms with van der Waals surface area (Å²) in [5.74, 6) is 0.408. The van der Waals surface area contributed by atoms with Crippen LogP contribution in [0.5, 0.6) is 0 Å². The summed E-state index contributed by atoms with van der Waals surface area (Å²) in [6.45, 7) is 5.72. The van der Waals surface area contributed by atoms with Gasteiger partial charge in [-0.3, -0.25) is 4.79 Å². The van der Waals surface area contributed by atoms with Crippen LogP contribution >= 0.6 is 0 Å². The third-order valence-electron chi connectivity index (χ3n) is 5.22. The number of fused-ring (bicyclic) bond motifs is 1. The molecule has 3 aromatic rings. The van der Waals surface area contributed by atoms with Gasteiger partial charge in [-0.2, -0.15) is 0 Å². The molecule has 0 unspecified atom stereocenters. The summed E-state index contributed by atoms with van der Waals surface area (Å²) in [5, 5.41) is 4.56. The van der Waals surface area contributed by atoms with Crippen LogP contribution in [-0.4, -0.2) is 29.9 Å². The van der Waals surface area contributed by atoms with Crippen molar-refractivity contribution in [2.75, 3.05) is 18.4 Å². The van der Waals surface area contributed by atoms with E-state index in [1.165, 1.54) is 11.1 Å². The van der Waals surface area contributed by atoms with Crippen molar-refractivity contribution in [3.8, 4) is 0 Å². The molecule has 134 valence electrons. The molecule has 4 rings (SSSR count). The van der Waals surface area contributed by atoms with Gasteiger partial charge in [-0.1, -0.05) is 24.3 Å². The van der Waals surface area contributed by atoms with Crippen molar-refractivity contribution in [2.45, 2.75) is 32.7 Å². The number of piperidine rings is 1. The van der Waals surface area contributed by atoms with Crippen molar-refractivity contribution >= 4 is 22.6 Å². The molecular formula is C22H24N2O2. The largest absolute Gasteiger partial charge is 0.451 e. The van der Waals surface area contributed by atoms with Gasteiger partial charge in [0.25, 0.3) is 5.91 Å². The van der Waals surface area contributed by atoms with E-state index >= 15 is 0 Å². The molecule has 1 aliphatic heterocycles. The van der Waals surface area contributed by atoms with E-state index < -0.39 is 0 Å². The summed E-state index contributed by atoms with van der Waals surface area (Å²) in [7, 11) is 0. The number of nitrogens with zero attached hydrogens (tertiary/aromatic N) is 1. The van der Waals surface area contributed by atoms with Crippen LogP contribution in [0.1, 0.15) is 34.5 Å². The van der Waals surface area contributed by atoms with Crippen LogP contribution in [-0.2, 0) is 0 Å². The molecule has 0 aliphatic carbocycles. The number of hydrogen-bond donors (Lipinski definition) is 1. The lowest BCUT2D eigenvalue weighted by Crippen LogP contribution is -2.45. The maximum absolute atomic E-state index is 12.9. The first kappa shape index (κ1) is 16.7. The Morgan fingerprint density at radius 1 is 1.12 bits per heavy atom. The molecule has 0 bridgehead atoms. The molecule has 2 heterocycles. The fourth-order valence-electron chi connectivity index (χ4n) is 3.59. The molecule has 4 nitrogen and oxygen atoms in total. The number of aryl methyl sites for hydroxylation is 2. The topological polar surface area (TPSA) is 45.5 Å². The third-order valence-corrected chi connectivity index (χ3v) is 5.22. The average molecular weight is 348 g/mol. The van der Waals surface area contributed by atoms with Gasteiger partial charge in [-0.15, -0.1) is 0 Å². The number of para-hydroxylation sites is 1. The number of carbonyl (C=O) groups is 1. The first-order valence-electron chi connectivity index (χ1n) is 9.22. The van der Waals surface area contributed by atoms with Crippen LogP contribution in [0.3, 0.4) is 0 Å². The minimum Gasteiger partial charge on any atom is -0.451 e. The Morgan fingerprint density at radius 3 is 2.77 bits per heavy atom. The molecule has 4 heteroatoms. The zero-order chi connectivity index (χ0) is 18.1. The van der Waals surface area contributed by atoms with Crippen molar-refractivity contribution < 1.29 is 9.21 Å². The van der Waals surface area contributed by atoms with Gasteiger partial charge >= 0.3 is 0 Å². The number of hydrogen-bond acceptors (Lipinski definition) is 3. The van der Waals surface area contributed by atoms with E-state index in [9.17, 15) is 4.79 Å². The second-order valence-corrected chi connectivity index (χ2v) is 7.18. The quantitative estimate of drug-likeness (QED) is 0.742. The maximum atomic E-state index is 12.9. The number of nitrogens with one attached hydrogen (secondary N) is 1. The molecular weight excluding hydrogens is 324 g/mol. The SMILES string of the molecule is Cc1ccc(N[C@H]2CCCN(C(=O)c3cc4ccccc4o3)C2)cc1C. The highest BCUT2D eigenvalue weighted by atomic mass is 16.3. The molecule has 0 saturated carbocycles. The second-order valence-electron chi connectivity index (χ2n) is 7.18. The predicted molar refractivity (Wildman–Crippen MR) is 105 cm³/mol. The van der Waals surface area contributed by atoms with E-state index in [2.05, 4.69) is 37.4 Å². The zero-order valence-corrected chi connectivity index (χ0v) is 15.3. The Morgan fingerprint density at radius 2 is 1.96 bits per heavy atom. The number of rotatable bonds is 3. The van der Waals surface area contributed by atoms with Gasteiger partial charge in [0.05, 0.1) is 0 Å². The van der Waals surface area contributed by atoms with Gasteiger partial charge in [0.15, 0.2) is 5.76 Å². The van der Waals surface area contributed by atoms with Gasteiger partial charge in [-0.05, 0) is 62.1 Å². The highest BCUT2D eigenvalue weighted by Gasteiger charge is 2.26. The van der Waals surface area contributed by atoms with E-state index in [0.717, 1.165) is 36.0 Å². The summed E-state index contributed by atoms with van der Waals surface area (Å²) >= 11 is 0. The normalized spacial score (nSPS) is 17.5. The lowest BCUT2D eigenvalue weighted by atomic mass is 10.0. The van der Waals surface area contributed by atoms with E-state index in [-0.39, 0.29) is 11.9 Å². The second kappa shape index (κ2) is 6.87. The summed E-state index contributed by atoms with van der Waals surface area (Å²) < 4.78 is 5.75. The minimum absolute atomic E-state index is 0.0206. The highest BCUT2D eigenvalue weighted by molar-refractivity contribution is 5.96. The number of amides is 1. The fourth-order valence-corrected chi connectivity index (χ4v) is 3.59. The standard InChI is InChI=1S/C22H24N2O2/c1-15-9-10-18(12-16(15)2)23-19-7-5-11-24(14-19)22(25)21-13-17-6-3-4-8-20(17)26-21/h3-4,6,8-10,12-13,19,23H,5,7,11,14H2,1-2H3/t19-/m0/s1. The smallest absolute Gasteiger partial charge is 0.289 e. The third kappa shape index (κ3) is 3.32. The van der Waals surface area contributed by atoms with E-state index in [1.807, 2.05) is 35.2 Å². The summed E-state index contributed by atoms with van der Waals surface area (Å²) in [5.41, 5.74) is 4.45. The first-order valence-corrected chi connectivity index (χ1v) is 9.22. The Balaban J connectivity index is 1.47. The highest BCUT2D eigenvalue weighted by Crippen LogP contribution is 2.23. The molecule has 2 aromatic carbocycles. The number of furan rings is 1. The number of carbonyl (C=O) groups excluding carboxylic acids is 1. The molecule has 1 N–H and O–H groups in total. The van der Waals surface area contributed by atoms with Crippen molar-refractivity contribution in [3.63, 3.8) is 0 Å². The molecule has 1 aliphatic rings. The van der Waals surface area contributed by atoms with Crippen LogP contribution in [0.15, 0.2) is 52.9 Å². The molecule has 1 aromatic heterocycles. The summed E-state index contributed by atoms with van der Waals surface area (Å²) in [6, 6.07) is 16.3. The van der Waals surface area contributed by atoms with Crippen LogP contribution in [0.2, 0.25) is 0 Å². The molecule has 1 saturated heterocycles. The minimum atomic E-state index is -0.0206. The van der Waals surface area contributed by atoms with Gasteiger partial charge in [-0.25, -0.2) is 0 Å².